The first kappa shape index (κ1) is 11.0. The number of benzene rings is 2. The van der Waals surface area contributed by atoms with E-state index in [0.717, 1.165) is 0 Å². The predicted octanol–water partition coefficient (Wildman–Crippen LogP) is 3.36. The van der Waals surface area contributed by atoms with Gasteiger partial charge in [-0.2, -0.15) is 5.26 Å². The highest BCUT2D eigenvalue weighted by Crippen LogP contribution is 2.34. The van der Waals surface area contributed by atoms with Gasteiger partial charge in [0.25, 0.3) is 0 Å². The monoisotopic (exact) mass is 225 g/mol. The number of para-hydroxylation sites is 2. The quantitative estimate of drug-likeness (QED) is 0.804. The molecular formula is C14H11NO2. The number of hydrogen-bond donors (Lipinski definition) is 0. The van der Waals surface area contributed by atoms with Crippen LogP contribution in [-0.4, -0.2) is 7.11 Å². The summed E-state index contributed by atoms with van der Waals surface area (Å²) >= 11 is 0. The largest absolute Gasteiger partial charge is 0.493 e. The molecule has 0 saturated carbocycles. The minimum absolute atomic E-state index is 0.448. The lowest BCUT2D eigenvalue weighted by molar-refractivity contribution is 0.378. The summed E-state index contributed by atoms with van der Waals surface area (Å²) in [5, 5.41) is 9.03. The number of rotatable bonds is 3. The van der Waals surface area contributed by atoms with Crippen LogP contribution in [-0.2, 0) is 0 Å². The lowest BCUT2D eigenvalue weighted by Crippen LogP contribution is -1.93. The molecule has 0 heterocycles. The summed E-state index contributed by atoms with van der Waals surface area (Å²) < 4.78 is 10.9. The Morgan fingerprint density at radius 3 is 2.41 bits per heavy atom. The summed E-state index contributed by atoms with van der Waals surface area (Å²) in [6.45, 7) is 0. The van der Waals surface area contributed by atoms with Gasteiger partial charge >= 0.3 is 0 Å². The predicted molar refractivity (Wildman–Crippen MR) is 64.2 cm³/mol. The SMILES string of the molecule is COc1cccc(C#N)c1Oc1ccccc1. The van der Waals surface area contributed by atoms with E-state index in [-0.39, 0.29) is 0 Å². The zero-order chi connectivity index (χ0) is 12.1. The summed E-state index contributed by atoms with van der Waals surface area (Å²) in [4.78, 5) is 0. The molecule has 2 aromatic carbocycles. The molecule has 0 unspecified atom stereocenters. The van der Waals surface area contributed by atoms with Crippen molar-refractivity contribution in [3.63, 3.8) is 0 Å². The molecule has 0 N–H and O–H groups in total. The third kappa shape index (κ3) is 2.37. The van der Waals surface area contributed by atoms with Gasteiger partial charge in [-0.05, 0) is 24.3 Å². The molecule has 0 aromatic heterocycles. The Morgan fingerprint density at radius 2 is 1.76 bits per heavy atom. The maximum Gasteiger partial charge on any atom is 0.186 e. The molecule has 0 aliphatic carbocycles. The number of nitriles is 1. The van der Waals surface area contributed by atoms with Crippen LogP contribution in [0.25, 0.3) is 0 Å². The second-order valence-corrected chi connectivity index (χ2v) is 3.36. The lowest BCUT2D eigenvalue weighted by atomic mass is 10.2. The van der Waals surface area contributed by atoms with Crippen molar-refractivity contribution in [2.24, 2.45) is 0 Å². The van der Waals surface area contributed by atoms with Crippen molar-refractivity contribution in [3.8, 4) is 23.3 Å². The molecule has 0 bridgehead atoms. The molecule has 3 heteroatoms. The highest BCUT2D eigenvalue weighted by atomic mass is 16.5. The van der Waals surface area contributed by atoms with E-state index in [9.17, 15) is 0 Å². The minimum Gasteiger partial charge on any atom is -0.493 e. The first-order valence-corrected chi connectivity index (χ1v) is 5.15. The molecule has 84 valence electrons. The highest BCUT2D eigenvalue weighted by molar-refractivity contribution is 5.54. The summed E-state index contributed by atoms with van der Waals surface area (Å²) in [6.07, 6.45) is 0. The third-order valence-electron chi connectivity index (χ3n) is 2.28. The molecule has 2 aromatic rings. The van der Waals surface area contributed by atoms with E-state index < -0.39 is 0 Å². The average molecular weight is 225 g/mol. The maximum atomic E-state index is 9.03. The fourth-order valence-electron chi connectivity index (χ4n) is 1.48. The Bertz CT molecular complexity index is 544. The van der Waals surface area contributed by atoms with Crippen molar-refractivity contribution in [2.45, 2.75) is 0 Å². The molecule has 0 atom stereocenters. The second kappa shape index (κ2) is 5.04. The average Bonchev–Trinajstić information content (AvgIpc) is 2.40. The molecule has 0 amide bonds. The van der Waals surface area contributed by atoms with Crippen LogP contribution in [0, 0.1) is 11.3 Å². The normalized spacial score (nSPS) is 9.41. The van der Waals surface area contributed by atoms with Crippen molar-refractivity contribution in [3.05, 3.63) is 54.1 Å². The highest BCUT2D eigenvalue weighted by Gasteiger charge is 2.10. The van der Waals surface area contributed by atoms with Gasteiger partial charge in [0.05, 0.1) is 12.7 Å². The van der Waals surface area contributed by atoms with Gasteiger partial charge in [0.15, 0.2) is 11.5 Å². The van der Waals surface area contributed by atoms with E-state index in [1.807, 2.05) is 30.3 Å². The van der Waals surface area contributed by atoms with Crippen LogP contribution in [0.2, 0.25) is 0 Å². The van der Waals surface area contributed by atoms with Gasteiger partial charge in [-0.25, -0.2) is 0 Å². The number of methoxy groups -OCH3 is 1. The fourth-order valence-corrected chi connectivity index (χ4v) is 1.48. The van der Waals surface area contributed by atoms with Gasteiger partial charge < -0.3 is 9.47 Å². The van der Waals surface area contributed by atoms with Gasteiger partial charge in [0.1, 0.15) is 11.8 Å². The first-order valence-electron chi connectivity index (χ1n) is 5.15. The first-order chi connectivity index (χ1) is 8.35. The zero-order valence-corrected chi connectivity index (χ0v) is 9.38. The molecule has 0 radical (unpaired) electrons. The van der Waals surface area contributed by atoms with Crippen LogP contribution < -0.4 is 9.47 Å². The standard InChI is InChI=1S/C14H11NO2/c1-16-13-9-5-6-11(10-15)14(13)17-12-7-3-2-4-8-12/h2-9H,1H3. The molecule has 0 aliphatic rings. The number of nitrogens with zero attached hydrogens (tertiary/aromatic N) is 1. The molecule has 17 heavy (non-hydrogen) atoms. The van der Waals surface area contributed by atoms with Crippen LogP contribution in [0.1, 0.15) is 5.56 Å². The molecular weight excluding hydrogens is 214 g/mol. The van der Waals surface area contributed by atoms with Crippen LogP contribution in [0.3, 0.4) is 0 Å². The summed E-state index contributed by atoms with van der Waals surface area (Å²) in [5.41, 5.74) is 0.452. The number of ether oxygens (including phenoxy) is 2. The molecule has 0 fully saturated rings. The van der Waals surface area contributed by atoms with Crippen LogP contribution >= 0.6 is 0 Å². The van der Waals surface area contributed by atoms with Crippen molar-refractivity contribution in [2.75, 3.05) is 7.11 Å². The lowest BCUT2D eigenvalue weighted by Gasteiger charge is -2.11. The zero-order valence-electron chi connectivity index (χ0n) is 9.38. The summed E-state index contributed by atoms with van der Waals surface area (Å²) in [5.74, 6) is 1.67. The molecule has 3 nitrogen and oxygen atoms in total. The second-order valence-electron chi connectivity index (χ2n) is 3.36. The molecule has 0 aliphatic heterocycles. The molecule has 2 rings (SSSR count). The Labute approximate surface area is 99.8 Å². The Kier molecular flexibility index (Phi) is 3.27. The Morgan fingerprint density at radius 1 is 1.00 bits per heavy atom. The topological polar surface area (TPSA) is 42.2 Å². The van der Waals surface area contributed by atoms with Gasteiger partial charge in [-0.3, -0.25) is 0 Å². The van der Waals surface area contributed by atoms with E-state index in [1.54, 1.807) is 25.3 Å². The van der Waals surface area contributed by atoms with Crippen LogP contribution in [0.4, 0.5) is 0 Å². The summed E-state index contributed by atoms with van der Waals surface area (Å²) in [6, 6.07) is 16.6. The fraction of sp³-hybridized carbons (Fsp3) is 0.0714. The van der Waals surface area contributed by atoms with Gasteiger partial charge in [0.2, 0.25) is 0 Å². The van der Waals surface area contributed by atoms with Crippen molar-refractivity contribution in [1.82, 2.24) is 0 Å². The van der Waals surface area contributed by atoms with Gasteiger partial charge in [-0.1, -0.05) is 24.3 Å². The number of hydrogen-bond acceptors (Lipinski definition) is 3. The Hall–Kier alpha value is -2.47. The molecule has 0 saturated heterocycles. The maximum absolute atomic E-state index is 9.03. The van der Waals surface area contributed by atoms with Crippen LogP contribution in [0.15, 0.2) is 48.5 Å². The van der Waals surface area contributed by atoms with E-state index in [0.29, 0.717) is 22.8 Å². The third-order valence-corrected chi connectivity index (χ3v) is 2.28. The summed E-state index contributed by atoms with van der Waals surface area (Å²) in [7, 11) is 1.55. The van der Waals surface area contributed by atoms with Crippen molar-refractivity contribution < 1.29 is 9.47 Å². The Balaban J connectivity index is 2.41. The van der Waals surface area contributed by atoms with E-state index in [1.165, 1.54) is 0 Å². The van der Waals surface area contributed by atoms with E-state index >= 15 is 0 Å². The minimum atomic E-state index is 0.448. The van der Waals surface area contributed by atoms with Gasteiger partial charge in [0, 0.05) is 0 Å². The molecule has 0 spiro atoms. The van der Waals surface area contributed by atoms with Crippen LogP contribution in [0.5, 0.6) is 17.2 Å². The smallest absolute Gasteiger partial charge is 0.186 e. The van der Waals surface area contributed by atoms with E-state index in [2.05, 4.69) is 6.07 Å². The van der Waals surface area contributed by atoms with Crippen molar-refractivity contribution >= 4 is 0 Å². The van der Waals surface area contributed by atoms with Gasteiger partial charge in [-0.15, -0.1) is 0 Å². The van der Waals surface area contributed by atoms with E-state index in [4.69, 9.17) is 14.7 Å². The van der Waals surface area contributed by atoms with Crippen molar-refractivity contribution in [1.29, 1.82) is 5.26 Å².